The fourth-order valence-corrected chi connectivity index (χ4v) is 2.30. The molecule has 0 aliphatic rings. The van der Waals surface area contributed by atoms with E-state index < -0.39 is 0 Å². The highest BCUT2D eigenvalue weighted by molar-refractivity contribution is 8.03. The van der Waals surface area contributed by atoms with Gasteiger partial charge in [-0.3, -0.25) is 0 Å². The van der Waals surface area contributed by atoms with E-state index in [1.165, 1.54) is 23.5 Å². The van der Waals surface area contributed by atoms with Crippen LogP contribution in [0.1, 0.15) is 37.5 Å². The van der Waals surface area contributed by atoms with Crippen molar-refractivity contribution in [1.29, 1.82) is 0 Å². The van der Waals surface area contributed by atoms with E-state index in [1.54, 1.807) is 0 Å². The predicted octanol–water partition coefficient (Wildman–Crippen LogP) is 3.94. The minimum absolute atomic E-state index is 0.198. The van der Waals surface area contributed by atoms with Crippen molar-refractivity contribution in [3.05, 3.63) is 33.4 Å². The Hall–Kier alpha value is -1.40. The van der Waals surface area contributed by atoms with Crippen LogP contribution in [-0.2, 0) is 0 Å². The molecule has 0 saturated heterocycles. The molecule has 1 aromatic carbocycles. The lowest BCUT2D eigenvalue weighted by molar-refractivity contribution is 1.25. The van der Waals surface area contributed by atoms with E-state index in [0.29, 0.717) is 0 Å². The van der Waals surface area contributed by atoms with E-state index >= 15 is 0 Å². The Balaban J connectivity index is 3.61. The zero-order valence-corrected chi connectivity index (χ0v) is 12.9. The number of hydrogen-bond donors (Lipinski definition) is 0. The first-order chi connectivity index (χ1) is 10.6. The molecule has 19 heavy (non-hydrogen) atoms. The van der Waals surface area contributed by atoms with E-state index in [9.17, 15) is 0 Å². The average Bonchev–Trinajstić information content (AvgIpc) is 2.50. The van der Waals surface area contributed by atoms with Gasteiger partial charge in [0.15, 0.2) is 0 Å². The van der Waals surface area contributed by atoms with Gasteiger partial charge in [-0.15, -0.1) is 6.40 Å². The summed E-state index contributed by atoms with van der Waals surface area (Å²) in [5, 5.41) is 5.83. The van der Waals surface area contributed by atoms with Crippen LogP contribution < -0.4 is 0 Å². The maximum Gasteiger partial charge on any atom is 0.124 e. The molecule has 0 N–H and O–H groups in total. The van der Waals surface area contributed by atoms with Crippen molar-refractivity contribution >= 4 is 23.5 Å². The average molecular weight is 290 g/mol. The molecule has 0 radical (unpaired) electrons. The van der Waals surface area contributed by atoms with Crippen LogP contribution in [0, 0.1) is 55.4 Å². The summed E-state index contributed by atoms with van der Waals surface area (Å²) in [4.78, 5) is 0. The largest absolute Gasteiger partial charge is 0.124 e. The molecule has 0 fully saturated rings. The Bertz CT molecular complexity index is 684. The summed E-state index contributed by atoms with van der Waals surface area (Å²) in [7, 11) is 0. The van der Waals surface area contributed by atoms with Gasteiger partial charge in [-0.1, -0.05) is 41.3 Å². The summed E-state index contributed by atoms with van der Waals surface area (Å²) < 4.78 is 21.5. The van der Waals surface area contributed by atoms with Crippen LogP contribution in [0.3, 0.4) is 0 Å². The topological polar surface area (TPSA) is 0 Å². The maximum absolute atomic E-state index is 7.17. The van der Waals surface area contributed by atoms with Crippen LogP contribution in [0.2, 0.25) is 0 Å². The number of benzene rings is 1. The molecule has 96 valence electrons. The first-order valence-electron chi connectivity index (χ1n) is 7.40. The molecule has 0 aromatic heterocycles. The van der Waals surface area contributed by atoms with Gasteiger partial charge < -0.3 is 0 Å². The molecule has 0 aliphatic heterocycles. The Morgan fingerprint density at radius 3 is 1.79 bits per heavy atom. The Morgan fingerprint density at radius 2 is 1.37 bits per heavy atom. The smallest absolute Gasteiger partial charge is 0.115 e. The minimum Gasteiger partial charge on any atom is -0.115 e. The number of terminal acetylenes is 1. The molecule has 0 heterocycles. The van der Waals surface area contributed by atoms with Crippen molar-refractivity contribution in [3.8, 4) is 34.7 Å². The predicted molar refractivity (Wildman–Crippen MR) is 89.4 cm³/mol. The summed E-state index contributed by atoms with van der Waals surface area (Å²) in [5.74, 6) is 9.01. The van der Waals surface area contributed by atoms with E-state index in [0.717, 1.165) is 33.4 Å². The Labute approximate surface area is 129 Å². The third kappa shape index (κ3) is 3.33. The molecule has 0 nitrogen and oxygen atoms in total. The van der Waals surface area contributed by atoms with Gasteiger partial charge >= 0.3 is 0 Å². The van der Waals surface area contributed by atoms with Crippen LogP contribution >= 0.6 is 23.5 Å². The first kappa shape index (κ1) is 11.4. The molecule has 0 saturated carbocycles. The van der Waals surface area contributed by atoms with Crippen LogP contribution in [0.4, 0.5) is 0 Å². The Morgan fingerprint density at radius 1 is 0.895 bits per heavy atom. The van der Waals surface area contributed by atoms with Gasteiger partial charge in [-0.25, -0.2) is 0 Å². The highest BCUT2D eigenvalue weighted by Crippen LogP contribution is 2.26. The third-order valence-corrected chi connectivity index (χ3v) is 3.36. The number of thioether (sulfide) groups is 2. The second-order valence-electron chi connectivity index (χ2n) is 3.87. The summed E-state index contributed by atoms with van der Waals surface area (Å²) in [6.07, 6.45) is 2.60. The second-order valence-corrected chi connectivity index (χ2v) is 4.85. The molecule has 2 heteroatoms. The quantitative estimate of drug-likeness (QED) is 0.664. The Kier molecular flexibility index (Phi) is 4.36. The van der Waals surface area contributed by atoms with Crippen LogP contribution in [0.15, 0.2) is 0 Å². The number of hydrogen-bond acceptors (Lipinski definition) is 2. The second kappa shape index (κ2) is 7.25. The van der Waals surface area contributed by atoms with Gasteiger partial charge in [0.05, 0.1) is 0 Å². The van der Waals surface area contributed by atoms with Crippen LogP contribution in [0.5, 0.6) is 0 Å². The van der Waals surface area contributed by atoms with E-state index in [2.05, 4.69) is 34.7 Å². The molecule has 1 rings (SSSR count). The lowest BCUT2D eigenvalue weighted by Crippen LogP contribution is -2.01. The lowest BCUT2D eigenvalue weighted by atomic mass is 9.89. The molecule has 0 atom stereocenters. The molecular weight excluding hydrogens is 268 g/mol. The van der Waals surface area contributed by atoms with Crippen molar-refractivity contribution in [3.63, 3.8) is 0 Å². The normalized spacial score (nSPS) is 10.6. The monoisotopic (exact) mass is 290 g/mol. The third-order valence-electron chi connectivity index (χ3n) is 2.87. The van der Waals surface area contributed by atoms with Gasteiger partial charge in [-0.2, -0.15) is 0 Å². The summed E-state index contributed by atoms with van der Waals surface area (Å²) in [5.41, 5.74) is 5.41. The van der Waals surface area contributed by atoms with Crippen LogP contribution in [-0.4, -0.2) is 12.5 Å². The van der Waals surface area contributed by atoms with Crippen molar-refractivity contribution < 1.29 is 4.11 Å². The lowest BCUT2D eigenvalue weighted by Gasteiger charge is -2.13. The van der Waals surface area contributed by atoms with Crippen molar-refractivity contribution in [2.24, 2.45) is 0 Å². The van der Waals surface area contributed by atoms with Gasteiger partial charge in [0.1, 0.15) is 1.37 Å². The summed E-state index contributed by atoms with van der Waals surface area (Å²) in [6, 6.07) is 0. The maximum atomic E-state index is 7.17. The highest BCUT2D eigenvalue weighted by atomic mass is 32.2. The minimum atomic E-state index is 0.198. The van der Waals surface area contributed by atoms with E-state index in [-0.39, 0.29) is 12.5 Å². The molecule has 1 aromatic rings. The number of rotatable bonds is 0. The van der Waals surface area contributed by atoms with Crippen molar-refractivity contribution in [2.45, 2.75) is 20.8 Å². The molecule has 0 amide bonds. The molecular formula is C17H16S2. The summed E-state index contributed by atoms with van der Waals surface area (Å²) in [6.45, 7) is 5.87. The zero-order chi connectivity index (χ0) is 16.5. The zero-order valence-electron chi connectivity index (χ0n) is 14.2. The van der Waals surface area contributed by atoms with Crippen molar-refractivity contribution in [2.75, 3.05) is 12.5 Å². The van der Waals surface area contributed by atoms with Gasteiger partial charge in [0.2, 0.25) is 0 Å². The highest BCUT2D eigenvalue weighted by Gasteiger charge is 2.13. The molecule has 0 spiro atoms. The van der Waals surface area contributed by atoms with Gasteiger partial charge in [0.25, 0.3) is 0 Å². The first-order valence-corrected chi connectivity index (χ1v) is 7.46. The molecule has 0 bridgehead atoms. The van der Waals surface area contributed by atoms with Crippen molar-refractivity contribution in [1.82, 2.24) is 0 Å². The van der Waals surface area contributed by atoms with E-state index in [4.69, 9.17) is 4.11 Å². The SMILES string of the molecule is [3H]C#Cc1c(C)c(C#CSC[3H])c(C)c(C#CSC[3H])c1C. The van der Waals surface area contributed by atoms with Crippen LogP contribution in [0.25, 0.3) is 0 Å². The summed E-state index contributed by atoms with van der Waals surface area (Å²) >= 11 is 2.48. The molecule has 0 unspecified atom stereocenters. The standard InChI is InChI=1S/C17H16S2/c1-7-15-12(2)16(8-10-18-5)14(4)17(13(15)3)9-11-19-6/h1H,2-6H3/i1T,5T,6T. The fraction of sp³-hybridized carbons (Fsp3) is 0.294. The molecule has 0 aliphatic carbocycles. The van der Waals surface area contributed by atoms with E-state index in [1.807, 2.05) is 20.8 Å². The fourth-order valence-electron chi connectivity index (χ4n) is 1.96. The van der Waals surface area contributed by atoms with Gasteiger partial charge in [-0.05, 0) is 60.4 Å². The van der Waals surface area contributed by atoms with Gasteiger partial charge in [0, 0.05) is 19.4 Å².